The summed E-state index contributed by atoms with van der Waals surface area (Å²) in [5.41, 5.74) is 2.42. The molecular formula is C23H20Cl4N2O3S. The highest BCUT2D eigenvalue weighted by atomic mass is 35.5. The molecule has 0 aromatic heterocycles. The molecule has 0 aliphatic rings. The van der Waals surface area contributed by atoms with Gasteiger partial charge in [0, 0.05) is 17.1 Å². The van der Waals surface area contributed by atoms with E-state index >= 15 is 0 Å². The van der Waals surface area contributed by atoms with Crippen molar-refractivity contribution in [3.63, 3.8) is 0 Å². The molecule has 0 heterocycles. The molecule has 174 valence electrons. The van der Waals surface area contributed by atoms with Crippen LogP contribution in [0.4, 0.5) is 5.69 Å². The Morgan fingerprint density at radius 1 is 0.848 bits per heavy atom. The third kappa shape index (κ3) is 7.01. The van der Waals surface area contributed by atoms with Gasteiger partial charge < -0.3 is 5.32 Å². The molecular weight excluding hydrogens is 526 g/mol. The highest BCUT2D eigenvalue weighted by Crippen LogP contribution is 2.36. The maximum atomic E-state index is 12.4. The zero-order valence-corrected chi connectivity index (χ0v) is 21.3. The van der Waals surface area contributed by atoms with E-state index in [1.54, 1.807) is 24.3 Å². The Labute approximate surface area is 213 Å². The first-order valence-electron chi connectivity index (χ1n) is 9.78. The molecule has 5 nitrogen and oxygen atoms in total. The van der Waals surface area contributed by atoms with Crippen LogP contribution < -0.4 is 9.62 Å². The molecule has 0 aliphatic carbocycles. The Morgan fingerprint density at radius 2 is 1.42 bits per heavy atom. The van der Waals surface area contributed by atoms with Crippen molar-refractivity contribution in [3.05, 3.63) is 97.4 Å². The summed E-state index contributed by atoms with van der Waals surface area (Å²) in [6.45, 7) is 0.481. The number of halogens is 4. The van der Waals surface area contributed by atoms with Crippen LogP contribution in [-0.4, -0.2) is 27.1 Å². The van der Waals surface area contributed by atoms with E-state index in [0.29, 0.717) is 29.1 Å². The molecule has 0 bridgehead atoms. The second kappa shape index (κ2) is 11.0. The van der Waals surface area contributed by atoms with Gasteiger partial charge in [0.15, 0.2) is 0 Å². The molecule has 0 aliphatic heterocycles. The third-order valence-corrected chi connectivity index (χ3v) is 7.22. The lowest BCUT2D eigenvalue weighted by Crippen LogP contribution is -2.29. The summed E-state index contributed by atoms with van der Waals surface area (Å²) in [6, 6.07) is 16.9. The normalized spacial score (nSPS) is 11.3. The van der Waals surface area contributed by atoms with E-state index in [9.17, 15) is 13.2 Å². The first-order valence-corrected chi connectivity index (χ1v) is 13.1. The van der Waals surface area contributed by atoms with E-state index in [2.05, 4.69) is 5.32 Å². The number of anilines is 1. The molecule has 0 radical (unpaired) electrons. The van der Waals surface area contributed by atoms with Gasteiger partial charge in [-0.05, 0) is 53.9 Å². The van der Waals surface area contributed by atoms with E-state index in [1.807, 2.05) is 24.3 Å². The van der Waals surface area contributed by atoms with Crippen LogP contribution >= 0.6 is 46.4 Å². The predicted octanol–water partition coefficient (Wildman–Crippen LogP) is 6.24. The lowest BCUT2D eigenvalue weighted by molar-refractivity contribution is 0.0954. The van der Waals surface area contributed by atoms with Crippen LogP contribution in [0.2, 0.25) is 20.1 Å². The number of hydrogen-bond donors (Lipinski definition) is 1. The van der Waals surface area contributed by atoms with Gasteiger partial charge in [0.1, 0.15) is 0 Å². The maximum Gasteiger partial charge on any atom is 0.251 e. The van der Waals surface area contributed by atoms with Crippen LogP contribution in [0, 0.1) is 0 Å². The van der Waals surface area contributed by atoms with Crippen LogP contribution in [0.25, 0.3) is 0 Å². The number of nitrogens with one attached hydrogen (secondary N) is 1. The second-order valence-corrected chi connectivity index (χ2v) is 10.9. The van der Waals surface area contributed by atoms with Gasteiger partial charge in [0.2, 0.25) is 10.0 Å². The van der Waals surface area contributed by atoms with E-state index in [1.165, 1.54) is 12.1 Å². The van der Waals surface area contributed by atoms with Crippen molar-refractivity contribution < 1.29 is 13.2 Å². The summed E-state index contributed by atoms with van der Waals surface area (Å²) in [7, 11) is -3.68. The number of hydrogen-bond acceptors (Lipinski definition) is 3. The number of rotatable bonds is 8. The summed E-state index contributed by atoms with van der Waals surface area (Å²) >= 11 is 24.1. The molecule has 1 amide bonds. The minimum Gasteiger partial charge on any atom is -0.352 e. The molecule has 1 N–H and O–H groups in total. The summed E-state index contributed by atoms with van der Waals surface area (Å²) in [5, 5.41) is 4.11. The molecule has 0 unspecified atom stereocenters. The number of carbonyl (C=O) groups is 1. The minimum absolute atomic E-state index is 0.00891. The Hall–Kier alpha value is -1.96. The van der Waals surface area contributed by atoms with Crippen molar-refractivity contribution in [2.45, 2.75) is 13.0 Å². The van der Waals surface area contributed by atoms with Crippen LogP contribution in [0.15, 0.2) is 60.7 Å². The molecule has 10 heteroatoms. The smallest absolute Gasteiger partial charge is 0.251 e. The predicted molar refractivity (Wildman–Crippen MR) is 136 cm³/mol. The molecule has 0 atom stereocenters. The van der Waals surface area contributed by atoms with E-state index in [0.717, 1.165) is 16.1 Å². The van der Waals surface area contributed by atoms with Crippen molar-refractivity contribution in [1.29, 1.82) is 0 Å². The number of carbonyl (C=O) groups excluding carboxylic acids is 1. The Balaban J connectivity index is 1.68. The molecule has 3 aromatic rings. The average Bonchev–Trinajstić information content (AvgIpc) is 2.76. The van der Waals surface area contributed by atoms with Crippen molar-refractivity contribution in [3.8, 4) is 0 Å². The number of nitrogens with zero attached hydrogens (tertiary/aromatic N) is 1. The van der Waals surface area contributed by atoms with E-state index in [-0.39, 0.29) is 33.2 Å². The molecule has 0 saturated carbocycles. The number of sulfonamides is 1. The lowest BCUT2D eigenvalue weighted by atomic mass is 10.1. The summed E-state index contributed by atoms with van der Waals surface area (Å²) < 4.78 is 26.0. The van der Waals surface area contributed by atoms with Crippen LogP contribution in [0.5, 0.6) is 0 Å². The van der Waals surface area contributed by atoms with E-state index in [4.69, 9.17) is 46.4 Å². The SMILES string of the molecule is CS(=O)(=O)N(Cc1ccc(C(=O)NCCc2ccc(Cl)cc2)cc1)c1cc(Cl)c(Cl)cc1Cl. The Morgan fingerprint density at radius 3 is 2.03 bits per heavy atom. The zero-order chi connectivity index (χ0) is 24.2. The highest BCUT2D eigenvalue weighted by Gasteiger charge is 2.22. The highest BCUT2D eigenvalue weighted by molar-refractivity contribution is 7.92. The standard InChI is InChI=1S/C23H20Cl4N2O3S/c1-33(31,32)29(22-13-20(26)19(25)12-21(22)27)14-16-2-6-17(7-3-16)23(30)28-11-10-15-4-8-18(24)9-5-15/h2-9,12-13H,10-11,14H2,1H3,(H,28,30). The van der Waals surface area contributed by atoms with Gasteiger partial charge in [0.05, 0.1) is 33.6 Å². The zero-order valence-electron chi connectivity index (χ0n) is 17.5. The second-order valence-electron chi connectivity index (χ2n) is 7.32. The van der Waals surface area contributed by atoms with Gasteiger partial charge in [0.25, 0.3) is 5.91 Å². The summed E-state index contributed by atoms with van der Waals surface area (Å²) in [6.07, 6.45) is 1.75. The van der Waals surface area contributed by atoms with Crippen LogP contribution in [0.3, 0.4) is 0 Å². The van der Waals surface area contributed by atoms with Crippen molar-refractivity contribution in [2.24, 2.45) is 0 Å². The molecule has 33 heavy (non-hydrogen) atoms. The summed E-state index contributed by atoms with van der Waals surface area (Å²) in [5.74, 6) is -0.219. The van der Waals surface area contributed by atoms with Crippen molar-refractivity contribution >= 4 is 68.0 Å². The Kier molecular flexibility index (Phi) is 8.54. The molecule has 0 saturated heterocycles. The summed E-state index contributed by atoms with van der Waals surface area (Å²) in [4.78, 5) is 12.4. The van der Waals surface area contributed by atoms with Gasteiger partial charge in [-0.1, -0.05) is 70.7 Å². The minimum atomic E-state index is -3.68. The van der Waals surface area contributed by atoms with Crippen molar-refractivity contribution in [2.75, 3.05) is 17.1 Å². The number of amides is 1. The molecule has 0 fully saturated rings. The quantitative estimate of drug-likeness (QED) is 0.341. The van der Waals surface area contributed by atoms with Crippen molar-refractivity contribution in [1.82, 2.24) is 5.32 Å². The van der Waals surface area contributed by atoms with Gasteiger partial charge >= 0.3 is 0 Å². The number of benzene rings is 3. The van der Waals surface area contributed by atoms with Gasteiger partial charge in [-0.25, -0.2) is 8.42 Å². The first kappa shape index (κ1) is 25.7. The third-order valence-electron chi connectivity index (χ3n) is 4.81. The van der Waals surface area contributed by atoms with Crippen LogP contribution in [0.1, 0.15) is 21.5 Å². The van der Waals surface area contributed by atoms with Gasteiger partial charge in [-0.2, -0.15) is 0 Å². The largest absolute Gasteiger partial charge is 0.352 e. The fourth-order valence-corrected chi connectivity index (χ4v) is 4.80. The van der Waals surface area contributed by atoms with E-state index < -0.39 is 10.0 Å². The van der Waals surface area contributed by atoms with Gasteiger partial charge in [-0.3, -0.25) is 9.10 Å². The monoisotopic (exact) mass is 544 g/mol. The Bertz CT molecular complexity index is 1250. The average molecular weight is 546 g/mol. The topological polar surface area (TPSA) is 66.5 Å². The molecule has 3 aromatic carbocycles. The fourth-order valence-electron chi connectivity index (χ4n) is 3.09. The van der Waals surface area contributed by atoms with Gasteiger partial charge in [-0.15, -0.1) is 0 Å². The van der Waals surface area contributed by atoms with Crippen LogP contribution in [-0.2, 0) is 23.0 Å². The lowest BCUT2D eigenvalue weighted by Gasteiger charge is -2.24. The molecule has 3 rings (SSSR count). The first-order chi connectivity index (χ1) is 15.5. The fraction of sp³-hybridized carbons (Fsp3) is 0.174. The maximum absolute atomic E-state index is 12.4. The molecule has 0 spiro atoms.